The number of carbonyl (C=O) groups is 2. The third-order valence-electron chi connectivity index (χ3n) is 6.43. The molecule has 0 radical (unpaired) electrons. The molecule has 1 fully saturated rings. The third kappa shape index (κ3) is 5.72. The van der Waals surface area contributed by atoms with Crippen LogP contribution in [0.3, 0.4) is 0 Å². The Bertz CT molecular complexity index is 937. The lowest BCUT2D eigenvalue weighted by Gasteiger charge is -2.32. The van der Waals surface area contributed by atoms with E-state index in [0.29, 0.717) is 30.8 Å². The van der Waals surface area contributed by atoms with Crippen LogP contribution in [0, 0.1) is 0 Å². The van der Waals surface area contributed by atoms with Gasteiger partial charge in [0, 0.05) is 63.9 Å². The molecule has 9 nitrogen and oxygen atoms in total. The van der Waals surface area contributed by atoms with Crippen LogP contribution in [0.4, 0.5) is 5.82 Å². The maximum atomic E-state index is 12.7. The first-order chi connectivity index (χ1) is 15.5. The van der Waals surface area contributed by atoms with E-state index in [-0.39, 0.29) is 17.7 Å². The van der Waals surface area contributed by atoms with Gasteiger partial charge in [0.15, 0.2) is 5.78 Å². The van der Waals surface area contributed by atoms with Crippen molar-refractivity contribution in [2.45, 2.75) is 57.7 Å². The number of hydrogen-bond donors (Lipinski definition) is 3. The first-order valence-electron chi connectivity index (χ1n) is 11.4. The summed E-state index contributed by atoms with van der Waals surface area (Å²) >= 11 is 0. The molecule has 2 aliphatic heterocycles. The van der Waals surface area contributed by atoms with E-state index < -0.39 is 6.10 Å². The minimum atomic E-state index is -0.547. The van der Waals surface area contributed by atoms with Crippen molar-refractivity contribution in [1.29, 1.82) is 0 Å². The number of hydrogen-bond acceptors (Lipinski definition) is 7. The number of pyridine rings is 1. The summed E-state index contributed by atoms with van der Waals surface area (Å²) in [5.74, 6) is 0.805. The summed E-state index contributed by atoms with van der Waals surface area (Å²) in [6.45, 7) is 5.27. The van der Waals surface area contributed by atoms with Gasteiger partial charge in [-0.25, -0.2) is 4.98 Å². The van der Waals surface area contributed by atoms with E-state index >= 15 is 0 Å². The van der Waals surface area contributed by atoms with Crippen LogP contribution in [-0.2, 0) is 17.8 Å². The van der Waals surface area contributed by atoms with E-state index in [4.69, 9.17) is 0 Å². The smallest absolute Gasteiger partial charge is 0.219 e. The van der Waals surface area contributed by atoms with E-state index in [1.165, 1.54) is 5.56 Å². The van der Waals surface area contributed by atoms with Crippen molar-refractivity contribution in [3.63, 3.8) is 0 Å². The van der Waals surface area contributed by atoms with Crippen LogP contribution in [0.15, 0.2) is 24.5 Å². The number of amides is 1. The summed E-state index contributed by atoms with van der Waals surface area (Å²) in [5.41, 5.74) is 2.97. The van der Waals surface area contributed by atoms with Crippen molar-refractivity contribution in [3.05, 3.63) is 41.3 Å². The average molecular weight is 441 g/mol. The highest BCUT2D eigenvalue weighted by molar-refractivity contribution is 5.96. The molecule has 2 aromatic heterocycles. The van der Waals surface area contributed by atoms with Gasteiger partial charge in [0.1, 0.15) is 5.82 Å². The predicted molar refractivity (Wildman–Crippen MR) is 120 cm³/mol. The predicted octanol–water partition coefficient (Wildman–Crippen LogP) is 1.61. The fourth-order valence-electron chi connectivity index (χ4n) is 4.49. The first kappa shape index (κ1) is 22.4. The molecular formula is C23H32N6O3. The number of piperidine rings is 1. The Morgan fingerprint density at radius 2 is 2.12 bits per heavy atom. The van der Waals surface area contributed by atoms with Crippen molar-refractivity contribution in [1.82, 2.24) is 25.0 Å². The lowest BCUT2D eigenvalue weighted by Crippen LogP contribution is -2.41. The fourth-order valence-corrected chi connectivity index (χ4v) is 4.49. The van der Waals surface area contributed by atoms with E-state index in [2.05, 4.69) is 25.4 Å². The number of β-amino-alcohol motifs (C(OH)–C–C–N with tert-alkyl or cyclic N) is 1. The number of aromatic amines is 1. The molecule has 4 rings (SSSR count). The third-order valence-corrected chi connectivity index (χ3v) is 6.43. The van der Waals surface area contributed by atoms with Gasteiger partial charge in [0.2, 0.25) is 5.91 Å². The van der Waals surface area contributed by atoms with Crippen LogP contribution in [-0.4, -0.2) is 80.1 Å². The highest BCUT2D eigenvalue weighted by Crippen LogP contribution is 2.19. The molecule has 32 heavy (non-hydrogen) atoms. The van der Waals surface area contributed by atoms with Gasteiger partial charge in [-0.05, 0) is 43.4 Å². The van der Waals surface area contributed by atoms with Crippen molar-refractivity contribution < 1.29 is 14.7 Å². The first-order valence-corrected chi connectivity index (χ1v) is 11.4. The van der Waals surface area contributed by atoms with Crippen LogP contribution < -0.4 is 5.32 Å². The number of likely N-dealkylation sites (tertiary alicyclic amines) is 1. The number of nitrogens with zero attached hydrogens (tertiary/aromatic N) is 4. The number of H-pyrrole nitrogens is 1. The zero-order valence-electron chi connectivity index (χ0n) is 18.6. The van der Waals surface area contributed by atoms with Gasteiger partial charge in [-0.2, -0.15) is 5.10 Å². The molecule has 1 atom stereocenters. The number of carbonyl (C=O) groups excluding carboxylic acids is 2. The number of aromatic nitrogens is 3. The van der Waals surface area contributed by atoms with Crippen molar-refractivity contribution in [2.24, 2.45) is 0 Å². The SMILES string of the molecule is CC(=O)N1CCC(Nc2cc(C(=O)CC[C@H](O)CN3CCc4cn[nH]c4C3)ccn2)CC1. The van der Waals surface area contributed by atoms with E-state index in [1.807, 2.05) is 11.1 Å². The second kappa shape index (κ2) is 10.2. The number of fused-ring (bicyclic) bond motifs is 1. The van der Waals surface area contributed by atoms with Crippen molar-refractivity contribution in [3.8, 4) is 0 Å². The molecule has 9 heteroatoms. The second-order valence-corrected chi connectivity index (χ2v) is 8.83. The van der Waals surface area contributed by atoms with Crippen LogP contribution in [0.5, 0.6) is 0 Å². The second-order valence-electron chi connectivity index (χ2n) is 8.83. The van der Waals surface area contributed by atoms with E-state index in [1.54, 1.807) is 25.3 Å². The molecule has 0 unspecified atom stereocenters. The molecule has 0 saturated carbocycles. The molecule has 2 aromatic rings. The molecular weight excluding hydrogens is 408 g/mol. The topological polar surface area (TPSA) is 114 Å². The number of Topliss-reactive ketones (excluding diaryl/α,β-unsaturated/α-hetero) is 1. The number of nitrogens with one attached hydrogen (secondary N) is 2. The molecule has 3 N–H and O–H groups in total. The van der Waals surface area contributed by atoms with Gasteiger partial charge in [-0.15, -0.1) is 0 Å². The van der Waals surface area contributed by atoms with E-state index in [9.17, 15) is 14.7 Å². The van der Waals surface area contributed by atoms with Crippen molar-refractivity contribution >= 4 is 17.5 Å². The monoisotopic (exact) mass is 440 g/mol. The van der Waals surface area contributed by atoms with Crippen LogP contribution in [0.1, 0.15) is 54.2 Å². The zero-order valence-corrected chi connectivity index (χ0v) is 18.6. The Morgan fingerprint density at radius 3 is 2.91 bits per heavy atom. The summed E-state index contributed by atoms with van der Waals surface area (Å²) < 4.78 is 0. The molecule has 0 aliphatic carbocycles. The number of aliphatic hydroxyl groups excluding tert-OH is 1. The van der Waals surface area contributed by atoms with Gasteiger partial charge in [-0.3, -0.25) is 19.6 Å². The highest BCUT2D eigenvalue weighted by atomic mass is 16.3. The van der Waals surface area contributed by atoms with Gasteiger partial charge in [0.25, 0.3) is 0 Å². The molecule has 4 heterocycles. The van der Waals surface area contributed by atoms with Gasteiger partial charge in [-0.1, -0.05) is 0 Å². The number of anilines is 1. The Kier molecular flexibility index (Phi) is 7.16. The van der Waals surface area contributed by atoms with Crippen LogP contribution >= 0.6 is 0 Å². The zero-order chi connectivity index (χ0) is 22.5. The summed E-state index contributed by atoms with van der Waals surface area (Å²) in [5, 5.41) is 20.9. The Balaban J connectivity index is 1.23. The normalized spacial score (nSPS) is 18.2. The molecule has 0 aromatic carbocycles. The largest absolute Gasteiger partial charge is 0.392 e. The Labute approximate surface area is 188 Å². The lowest BCUT2D eigenvalue weighted by atomic mass is 10.0. The molecule has 172 valence electrons. The van der Waals surface area contributed by atoms with Gasteiger partial charge in [0.05, 0.1) is 18.0 Å². The van der Waals surface area contributed by atoms with E-state index in [0.717, 1.165) is 51.1 Å². The molecule has 1 amide bonds. The Morgan fingerprint density at radius 1 is 1.31 bits per heavy atom. The summed E-state index contributed by atoms with van der Waals surface area (Å²) in [4.78, 5) is 32.6. The molecule has 1 saturated heterocycles. The van der Waals surface area contributed by atoms with Gasteiger partial charge >= 0.3 is 0 Å². The summed E-state index contributed by atoms with van der Waals surface area (Å²) in [7, 11) is 0. The maximum Gasteiger partial charge on any atom is 0.219 e. The molecule has 0 spiro atoms. The fraction of sp³-hybridized carbons (Fsp3) is 0.565. The Hall–Kier alpha value is -2.78. The quantitative estimate of drug-likeness (QED) is 0.534. The summed E-state index contributed by atoms with van der Waals surface area (Å²) in [6.07, 6.45) is 6.35. The standard InChI is InChI=1S/C23H32N6O3/c1-16(30)29-10-6-19(7-11-29)26-23-12-17(4-8-24-23)22(32)3-2-20(31)14-28-9-5-18-13-25-27-21(18)15-28/h4,8,12-13,19-20,31H,2-3,5-7,9-11,14-15H2,1H3,(H,24,26)(H,25,27)/t20-/m0/s1. The highest BCUT2D eigenvalue weighted by Gasteiger charge is 2.22. The number of aliphatic hydroxyl groups is 1. The average Bonchev–Trinajstić information content (AvgIpc) is 3.26. The maximum absolute atomic E-state index is 12.7. The minimum absolute atomic E-state index is 0.00963. The van der Waals surface area contributed by atoms with Gasteiger partial charge < -0.3 is 15.3 Å². The van der Waals surface area contributed by atoms with Crippen LogP contribution in [0.2, 0.25) is 0 Å². The number of ketones is 1. The molecule has 2 aliphatic rings. The lowest BCUT2D eigenvalue weighted by molar-refractivity contribution is -0.129. The minimum Gasteiger partial charge on any atom is -0.392 e. The van der Waals surface area contributed by atoms with Crippen LogP contribution in [0.25, 0.3) is 0 Å². The van der Waals surface area contributed by atoms with Crippen molar-refractivity contribution in [2.75, 3.05) is 31.5 Å². The molecule has 0 bridgehead atoms. The number of rotatable bonds is 8. The summed E-state index contributed by atoms with van der Waals surface area (Å²) in [6, 6.07) is 3.75.